The lowest BCUT2D eigenvalue weighted by atomic mass is 9.99. The van der Waals surface area contributed by atoms with E-state index in [4.69, 9.17) is 9.92 Å². The van der Waals surface area contributed by atoms with E-state index in [9.17, 15) is 8.42 Å². The Hall–Kier alpha value is -0.130. The molecule has 1 aliphatic rings. The van der Waals surface area contributed by atoms with Crippen LogP contribution < -0.4 is 5.73 Å². The second-order valence-electron chi connectivity index (χ2n) is 5.13. The van der Waals surface area contributed by atoms with Gasteiger partial charge in [0.15, 0.2) is 0 Å². The van der Waals surface area contributed by atoms with Gasteiger partial charge in [-0.3, -0.25) is 4.18 Å². The Morgan fingerprint density at radius 2 is 1.71 bits per heavy atom. The molecule has 4 nitrogen and oxygen atoms in total. The first-order valence-electron chi connectivity index (χ1n) is 6.64. The molecule has 0 radical (unpaired) electrons. The van der Waals surface area contributed by atoms with Crippen LogP contribution in [0.1, 0.15) is 51.9 Å². The molecule has 1 rings (SSSR count). The van der Waals surface area contributed by atoms with E-state index in [1.54, 1.807) is 0 Å². The van der Waals surface area contributed by atoms with Gasteiger partial charge in [0.25, 0.3) is 10.1 Å². The van der Waals surface area contributed by atoms with E-state index in [0.29, 0.717) is 6.54 Å². The van der Waals surface area contributed by atoms with Gasteiger partial charge < -0.3 is 5.73 Å². The third-order valence-electron chi connectivity index (χ3n) is 3.23. The molecule has 2 N–H and O–H groups in total. The largest absolute Gasteiger partial charge is 0.330 e. The van der Waals surface area contributed by atoms with E-state index < -0.39 is 10.1 Å². The number of nitrogens with two attached hydrogens (primary N) is 1. The van der Waals surface area contributed by atoms with Gasteiger partial charge in [-0.1, -0.05) is 39.0 Å². The Balaban J connectivity index is 2.44. The van der Waals surface area contributed by atoms with Gasteiger partial charge in [0.2, 0.25) is 0 Å². The van der Waals surface area contributed by atoms with Crippen LogP contribution in [0.4, 0.5) is 0 Å². The molecule has 0 amide bonds. The Morgan fingerprint density at radius 3 is 2.24 bits per heavy atom. The van der Waals surface area contributed by atoms with E-state index in [0.717, 1.165) is 25.7 Å². The summed E-state index contributed by atoms with van der Waals surface area (Å²) in [5.41, 5.74) is 5.44. The van der Waals surface area contributed by atoms with Gasteiger partial charge in [0, 0.05) is 0 Å². The number of rotatable bonds is 5. The fourth-order valence-electron chi connectivity index (χ4n) is 2.18. The van der Waals surface area contributed by atoms with Crippen LogP contribution >= 0.6 is 0 Å². The molecule has 0 bridgehead atoms. The summed E-state index contributed by atoms with van der Waals surface area (Å²) in [7, 11) is -3.40. The molecule has 0 aromatic rings. The van der Waals surface area contributed by atoms with E-state index in [2.05, 4.69) is 0 Å². The monoisotopic (exact) mass is 263 g/mol. The van der Waals surface area contributed by atoms with Crippen LogP contribution in [0.2, 0.25) is 0 Å². The fraction of sp³-hybridized carbons (Fsp3) is 1.00. The minimum atomic E-state index is -3.40. The quantitative estimate of drug-likeness (QED) is 0.771. The molecule has 0 spiro atoms. The van der Waals surface area contributed by atoms with E-state index >= 15 is 0 Å². The molecule has 0 saturated heterocycles. The average Bonchev–Trinajstić information content (AvgIpc) is 2.21. The highest BCUT2D eigenvalue weighted by Gasteiger charge is 2.22. The van der Waals surface area contributed by atoms with E-state index in [1.165, 1.54) is 19.3 Å². The van der Waals surface area contributed by atoms with Gasteiger partial charge in [-0.25, -0.2) is 0 Å². The highest BCUT2D eigenvalue weighted by atomic mass is 32.2. The lowest BCUT2D eigenvalue weighted by molar-refractivity contribution is 0.173. The minimum Gasteiger partial charge on any atom is -0.330 e. The Morgan fingerprint density at radius 1 is 1.18 bits per heavy atom. The molecule has 0 aliphatic heterocycles. The summed E-state index contributed by atoms with van der Waals surface area (Å²) in [5.74, 6) is 0.00792. The maximum atomic E-state index is 11.8. The van der Waals surface area contributed by atoms with Gasteiger partial charge in [0.1, 0.15) is 0 Å². The zero-order valence-corrected chi connectivity index (χ0v) is 11.5. The zero-order valence-electron chi connectivity index (χ0n) is 10.7. The minimum absolute atomic E-state index is 0.0337. The molecular weight excluding hydrogens is 238 g/mol. The predicted molar refractivity (Wildman–Crippen MR) is 69.2 cm³/mol. The molecule has 1 fully saturated rings. The molecular formula is C12H25NO3S. The molecule has 1 unspecified atom stereocenters. The fourth-order valence-corrected chi connectivity index (χ4v) is 3.70. The lowest BCUT2D eigenvalue weighted by Gasteiger charge is -2.20. The smallest absolute Gasteiger partial charge is 0.267 e. The van der Waals surface area contributed by atoms with Crippen molar-refractivity contribution in [2.75, 3.05) is 12.3 Å². The van der Waals surface area contributed by atoms with Crippen LogP contribution in [0.25, 0.3) is 0 Å². The van der Waals surface area contributed by atoms with Gasteiger partial charge in [0.05, 0.1) is 11.9 Å². The normalized spacial score (nSPS) is 21.8. The van der Waals surface area contributed by atoms with Crippen LogP contribution in [-0.2, 0) is 14.3 Å². The summed E-state index contributed by atoms with van der Waals surface area (Å²) in [6.45, 7) is 2.21. The Kier molecular flexibility index (Phi) is 6.44. The molecule has 0 aromatic carbocycles. The van der Waals surface area contributed by atoms with Crippen molar-refractivity contribution in [3.8, 4) is 0 Å². The Labute approximate surface area is 105 Å². The maximum Gasteiger partial charge on any atom is 0.267 e. The van der Waals surface area contributed by atoms with Crippen LogP contribution in [0.15, 0.2) is 0 Å². The topological polar surface area (TPSA) is 69.4 Å². The molecule has 1 saturated carbocycles. The molecule has 102 valence electrons. The van der Waals surface area contributed by atoms with E-state index in [-0.39, 0.29) is 17.8 Å². The van der Waals surface area contributed by atoms with Crippen molar-refractivity contribution >= 4 is 10.1 Å². The zero-order chi connectivity index (χ0) is 12.7. The molecule has 17 heavy (non-hydrogen) atoms. The van der Waals surface area contributed by atoms with Crippen molar-refractivity contribution in [3.05, 3.63) is 0 Å². The summed E-state index contributed by atoms with van der Waals surface area (Å²) in [5, 5.41) is 0. The molecule has 0 aromatic heterocycles. The summed E-state index contributed by atoms with van der Waals surface area (Å²) in [6, 6.07) is 0. The van der Waals surface area contributed by atoms with Crippen molar-refractivity contribution in [3.63, 3.8) is 0 Å². The first-order valence-corrected chi connectivity index (χ1v) is 8.22. The van der Waals surface area contributed by atoms with Crippen molar-refractivity contribution < 1.29 is 12.6 Å². The number of hydrogen-bond acceptors (Lipinski definition) is 4. The second kappa shape index (κ2) is 7.34. The number of hydrogen-bond donors (Lipinski definition) is 1. The summed E-state index contributed by atoms with van der Waals surface area (Å²) >= 11 is 0. The Bertz CT molecular complexity index is 295. The van der Waals surface area contributed by atoms with E-state index in [1.807, 2.05) is 6.92 Å². The van der Waals surface area contributed by atoms with Gasteiger partial charge in [-0.2, -0.15) is 8.42 Å². The standard InChI is InChI=1S/C12H25NO3S/c1-11(9-13)10-17(14,15)16-12-7-5-3-2-4-6-8-12/h11-12H,2-10,13H2,1H3. The highest BCUT2D eigenvalue weighted by Crippen LogP contribution is 2.21. The first-order chi connectivity index (χ1) is 8.03. The van der Waals surface area contributed by atoms with Gasteiger partial charge in [-0.05, 0) is 25.3 Å². The first kappa shape index (κ1) is 14.9. The summed E-state index contributed by atoms with van der Waals surface area (Å²) in [6.07, 6.45) is 7.44. The summed E-state index contributed by atoms with van der Waals surface area (Å²) < 4.78 is 28.9. The summed E-state index contributed by atoms with van der Waals surface area (Å²) in [4.78, 5) is 0. The molecule has 1 atom stereocenters. The molecule has 5 heteroatoms. The van der Waals surface area contributed by atoms with Crippen LogP contribution in [-0.4, -0.2) is 26.8 Å². The van der Waals surface area contributed by atoms with Crippen molar-refractivity contribution in [1.82, 2.24) is 0 Å². The second-order valence-corrected chi connectivity index (χ2v) is 6.77. The van der Waals surface area contributed by atoms with Crippen molar-refractivity contribution in [2.45, 2.75) is 58.0 Å². The maximum absolute atomic E-state index is 11.8. The SMILES string of the molecule is CC(CN)CS(=O)(=O)OC1CCCCCCC1. The third-order valence-corrected chi connectivity index (χ3v) is 4.77. The molecule has 1 aliphatic carbocycles. The predicted octanol–water partition coefficient (Wildman–Crippen LogP) is 2.04. The highest BCUT2D eigenvalue weighted by molar-refractivity contribution is 7.86. The third kappa shape index (κ3) is 6.38. The van der Waals surface area contributed by atoms with Gasteiger partial charge >= 0.3 is 0 Å². The molecule has 0 heterocycles. The van der Waals surface area contributed by atoms with Crippen LogP contribution in [0.5, 0.6) is 0 Å². The van der Waals surface area contributed by atoms with Crippen molar-refractivity contribution in [2.24, 2.45) is 11.7 Å². The lowest BCUT2D eigenvalue weighted by Crippen LogP contribution is -2.26. The van der Waals surface area contributed by atoms with Crippen LogP contribution in [0, 0.1) is 5.92 Å². The van der Waals surface area contributed by atoms with Gasteiger partial charge in [-0.15, -0.1) is 0 Å². The van der Waals surface area contributed by atoms with Crippen molar-refractivity contribution in [1.29, 1.82) is 0 Å². The van der Waals surface area contributed by atoms with Crippen LogP contribution in [0.3, 0.4) is 0 Å². The average molecular weight is 263 g/mol.